The summed E-state index contributed by atoms with van der Waals surface area (Å²) < 4.78 is 51.6. The predicted octanol–water partition coefficient (Wildman–Crippen LogP) is 7.42. The van der Waals surface area contributed by atoms with Crippen LogP contribution in [-0.2, 0) is 11.0 Å². The largest absolute Gasteiger partial charge is 0.493 e. The van der Waals surface area contributed by atoms with E-state index >= 15 is 0 Å². The molecule has 0 saturated heterocycles. The Labute approximate surface area is 196 Å². The van der Waals surface area contributed by atoms with Crippen molar-refractivity contribution in [3.63, 3.8) is 0 Å². The van der Waals surface area contributed by atoms with Gasteiger partial charge in [-0.2, -0.15) is 13.2 Å². The third-order valence-corrected chi connectivity index (χ3v) is 6.17. The Hall–Kier alpha value is -3.48. The lowest BCUT2D eigenvalue weighted by Gasteiger charge is -2.24. The first-order valence-electron chi connectivity index (χ1n) is 11.2. The molecule has 0 aliphatic heterocycles. The normalized spacial score (nSPS) is 15.1. The van der Waals surface area contributed by atoms with Crippen LogP contribution in [0.4, 0.5) is 18.9 Å². The van der Waals surface area contributed by atoms with Crippen LogP contribution in [0.15, 0.2) is 72.8 Å². The first kappa shape index (κ1) is 23.7. The van der Waals surface area contributed by atoms with Crippen molar-refractivity contribution < 1.29 is 27.4 Å². The van der Waals surface area contributed by atoms with Gasteiger partial charge in [0.25, 0.3) is 0 Å². The molecule has 0 radical (unpaired) electrons. The van der Waals surface area contributed by atoms with Crippen molar-refractivity contribution in [1.29, 1.82) is 0 Å². The number of anilines is 1. The molecule has 4 nitrogen and oxygen atoms in total. The van der Waals surface area contributed by atoms with Crippen LogP contribution in [0.3, 0.4) is 0 Å². The number of alkyl halides is 3. The highest BCUT2D eigenvalue weighted by atomic mass is 19.4. The molecule has 1 saturated carbocycles. The number of nitrogens with one attached hydrogen (secondary N) is 1. The maximum atomic E-state index is 13.5. The zero-order valence-electron chi connectivity index (χ0n) is 18.8. The number of benzene rings is 3. The molecule has 178 valence electrons. The number of amides is 1. The van der Waals surface area contributed by atoms with E-state index in [1.165, 1.54) is 13.2 Å². The second kappa shape index (κ2) is 10.2. The number of carbonyl (C=O) groups excluding carboxylic acids is 1. The predicted molar refractivity (Wildman–Crippen MR) is 124 cm³/mol. The van der Waals surface area contributed by atoms with Gasteiger partial charge in [0.2, 0.25) is 5.91 Å². The number of hydrogen-bond donors (Lipinski definition) is 1. The SMILES string of the molecule is COc1ccccc1Oc1ccc(C(F)(F)F)cc1NC(=O)C(c1ccccc1)C1CCCC1. The van der Waals surface area contributed by atoms with Gasteiger partial charge < -0.3 is 14.8 Å². The van der Waals surface area contributed by atoms with E-state index in [9.17, 15) is 18.0 Å². The maximum absolute atomic E-state index is 13.5. The van der Waals surface area contributed by atoms with Gasteiger partial charge in [0.05, 0.1) is 24.3 Å². The lowest BCUT2D eigenvalue weighted by molar-refractivity contribution is -0.137. The van der Waals surface area contributed by atoms with Crippen LogP contribution >= 0.6 is 0 Å². The van der Waals surface area contributed by atoms with Gasteiger partial charge in [0.1, 0.15) is 0 Å². The van der Waals surface area contributed by atoms with Crippen LogP contribution in [0, 0.1) is 5.92 Å². The van der Waals surface area contributed by atoms with E-state index in [0.29, 0.717) is 11.5 Å². The first-order valence-corrected chi connectivity index (χ1v) is 11.2. The molecule has 4 rings (SSSR count). The Morgan fingerprint density at radius 1 is 0.912 bits per heavy atom. The molecule has 7 heteroatoms. The minimum Gasteiger partial charge on any atom is -0.493 e. The third kappa shape index (κ3) is 5.35. The Morgan fingerprint density at radius 2 is 1.56 bits per heavy atom. The Kier molecular flexibility index (Phi) is 7.10. The fraction of sp³-hybridized carbons (Fsp3) is 0.296. The maximum Gasteiger partial charge on any atom is 0.416 e. The molecule has 1 unspecified atom stereocenters. The highest BCUT2D eigenvalue weighted by Crippen LogP contribution is 2.41. The van der Waals surface area contributed by atoms with Crippen molar-refractivity contribution in [2.24, 2.45) is 5.92 Å². The zero-order valence-corrected chi connectivity index (χ0v) is 18.8. The highest BCUT2D eigenvalue weighted by molar-refractivity contribution is 5.97. The summed E-state index contributed by atoms with van der Waals surface area (Å²) in [5.74, 6) is 0.180. The quantitative estimate of drug-likeness (QED) is 0.392. The van der Waals surface area contributed by atoms with Crippen LogP contribution < -0.4 is 14.8 Å². The van der Waals surface area contributed by atoms with Crippen molar-refractivity contribution in [3.05, 3.63) is 83.9 Å². The van der Waals surface area contributed by atoms with Gasteiger partial charge in [0.15, 0.2) is 17.2 Å². The molecule has 0 aromatic heterocycles. The topological polar surface area (TPSA) is 47.6 Å². The van der Waals surface area contributed by atoms with E-state index in [1.54, 1.807) is 24.3 Å². The summed E-state index contributed by atoms with van der Waals surface area (Å²) in [7, 11) is 1.48. The number of ether oxygens (including phenoxy) is 2. The minimum atomic E-state index is -4.56. The summed E-state index contributed by atoms with van der Waals surface area (Å²) in [5, 5.41) is 2.75. The minimum absolute atomic E-state index is 0.0374. The standard InChI is InChI=1S/C27H26F3NO3/c1-33-23-13-7-8-14-24(23)34-22-16-15-20(27(28,29)30)17-21(22)31-26(32)25(19-11-5-6-12-19)18-9-3-2-4-10-18/h2-4,7-10,13-17,19,25H,5-6,11-12H2,1H3,(H,31,32). The van der Waals surface area contributed by atoms with Gasteiger partial charge in [0, 0.05) is 0 Å². The number of para-hydroxylation sites is 2. The van der Waals surface area contributed by atoms with Gasteiger partial charge in [-0.1, -0.05) is 55.3 Å². The third-order valence-electron chi connectivity index (χ3n) is 6.17. The summed E-state index contributed by atoms with van der Waals surface area (Å²) in [6.07, 6.45) is -0.687. The Bertz CT molecular complexity index is 1130. The van der Waals surface area contributed by atoms with Crippen LogP contribution in [0.5, 0.6) is 17.2 Å². The number of methoxy groups -OCH3 is 1. The molecule has 0 heterocycles. The molecule has 0 spiro atoms. The van der Waals surface area contributed by atoms with Crippen LogP contribution in [-0.4, -0.2) is 13.0 Å². The Morgan fingerprint density at radius 3 is 2.21 bits per heavy atom. The molecule has 3 aromatic rings. The molecule has 1 amide bonds. The van der Waals surface area contributed by atoms with Crippen LogP contribution in [0.2, 0.25) is 0 Å². The van der Waals surface area contributed by atoms with Gasteiger partial charge in [-0.15, -0.1) is 0 Å². The van der Waals surface area contributed by atoms with Gasteiger partial charge in [-0.25, -0.2) is 0 Å². The van der Waals surface area contributed by atoms with E-state index in [4.69, 9.17) is 9.47 Å². The number of hydrogen-bond acceptors (Lipinski definition) is 3. The average molecular weight is 470 g/mol. The lowest BCUT2D eigenvalue weighted by atomic mass is 9.84. The fourth-order valence-corrected chi connectivity index (χ4v) is 4.51. The molecule has 0 bridgehead atoms. The van der Waals surface area contributed by atoms with Crippen LogP contribution in [0.25, 0.3) is 0 Å². The monoisotopic (exact) mass is 469 g/mol. The summed E-state index contributed by atoms with van der Waals surface area (Å²) in [6, 6.07) is 19.3. The van der Waals surface area contributed by atoms with Crippen LogP contribution in [0.1, 0.15) is 42.7 Å². The second-order valence-electron chi connectivity index (χ2n) is 8.38. The second-order valence-corrected chi connectivity index (χ2v) is 8.38. The van der Waals surface area contributed by atoms with Crippen molar-refractivity contribution in [2.75, 3.05) is 12.4 Å². The van der Waals surface area contributed by atoms with Gasteiger partial charge in [-0.05, 0) is 54.7 Å². The van der Waals surface area contributed by atoms with E-state index < -0.39 is 17.7 Å². The fourth-order valence-electron chi connectivity index (χ4n) is 4.51. The van der Waals surface area contributed by atoms with Gasteiger partial charge >= 0.3 is 6.18 Å². The molecule has 1 fully saturated rings. The lowest BCUT2D eigenvalue weighted by Crippen LogP contribution is -2.27. The van der Waals surface area contributed by atoms with Crippen molar-refractivity contribution in [2.45, 2.75) is 37.8 Å². The van der Waals surface area contributed by atoms with E-state index in [0.717, 1.165) is 43.4 Å². The molecular formula is C27H26F3NO3. The molecule has 1 atom stereocenters. The highest BCUT2D eigenvalue weighted by Gasteiger charge is 2.34. The molecule has 3 aromatic carbocycles. The zero-order chi connectivity index (χ0) is 24.1. The van der Waals surface area contributed by atoms with E-state index in [1.807, 2.05) is 30.3 Å². The Balaban J connectivity index is 1.70. The summed E-state index contributed by atoms with van der Waals surface area (Å²) in [5.41, 5.74) is -0.0527. The van der Waals surface area contributed by atoms with Crippen molar-refractivity contribution in [1.82, 2.24) is 0 Å². The molecule has 1 aliphatic carbocycles. The number of carbonyl (C=O) groups is 1. The summed E-state index contributed by atoms with van der Waals surface area (Å²) in [6.45, 7) is 0. The van der Waals surface area contributed by atoms with Crippen molar-refractivity contribution >= 4 is 11.6 Å². The summed E-state index contributed by atoms with van der Waals surface area (Å²) >= 11 is 0. The van der Waals surface area contributed by atoms with E-state index in [-0.39, 0.29) is 23.3 Å². The van der Waals surface area contributed by atoms with Crippen molar-refractivity contribution in [3.8, 4) is 17.2 Å². The number of rotatable bonds is 7. The molecule has 1 aliphatic rings. The smallest absolute Gasteiger partial charge is 0.416 e. The molecule has 34 heavy (non-hydrogen) atoms. The summed E-state index contributed by atoms with van der Waals surface area (Å²) in [4.78, 5) is 13.5. The van der Waals surface area contributed by atoms with E-state index in [2.05, 4.69) is 5.32 Å². The van der Waals surface area contributed by atoms with Gasteiger partial charge in [-0.3, -0.25) is 4.79 Å². The average Bonchev–Trinajstić information content (AvgIpc) is 3.35. The molecular weight excluding hydrogens is 443 g/mol. The first-order chi connectivity index (χ1) is 16.4. The molecule has 1 N–H and O–H groups in total. The number of halogens is 3.